The number of aromatic nitrogens is 4. The summed E-state index contributed by atoms with van der Waals surface area (Å²) in [6.07, 6.45) is 4.50. The van der Waals surface area contributed by atoms with Crippen LogP contribution < -0.4 is 4.74 Å². The second-order valence-electron chi connectivity index (χ2n) is 9.40. The average molecular weight is 488 g/mol. The molecule has 0 unspecified atom stereocenters. The molecule has 0 aliphatic heterocycles. The molecule has 1 amide bonds. The molecule has 0 saturated heterocycles. The molecule has 35 heavy (non-hydrogen) atoms. The van der Waals surface area contributed by atoms with Gasteiger partial charge in [-0.2, -0.15) is 0 Å². The van der Waals surface area contributed by atoms with Crippen molar-refractivity contribution in [2.24, 2.45) is 18.9 Å². The van der Waals surface area contributed by atoms with Crippen molar-refractivity contribution >= 4 is 12.1 Å². The zero-order valence-electron chi connectivity index (χ0n) is 20.5. The Morgan fingerprint density at radius 1 is 1.20 bits per heavy atom. The molecular formula is C24H33N5O6. The summed E-state index contributed by atoms with van der Waals surface area (Å²) in [5, 5.41) is 17.7. The van der Waals surface area contributed by atoms with Gasteiger partial charge in [0.15, 0.2) is 0 Å². The number of ether oxygens (including phenoxy) is 3. The van der Waals surface area contributed by atoms with Crippen molar-refractivity contribution in [2.45, 2.75) is 57.8 Å². The summed E-state index contributed by atoms with van der Waals surface area (Å²) in [5.41, 5.74) is 2.28. The van der Waals surface area contributed by atoms with Gasteiger partial charge in [-0.05, 0) is 56.6 Å². The molecule has 0 bridgehead atoms. The molecule has 2 aromatic rings. The third-order valence-electron chi connectivity index (χ3n) is 6.54. The molecule has 2 saturated carbocycles. The van der Waals surface area contributed by atoms with Gasteiger partial charge in [0, 0.05) is 27.7 Å². The molecule has 0 aromatic carbocycles. The second-order valence-corrected chi connectivity index (χ2v) is 9.40. The number of pyridine rings is 1. The van der Waals surface area contributed by atoms with E-state index in [1.54, 1.807) is 42.9 Å². The van der Waals surface area contributed by atoms with Gasteiger partial charge in [-0.1, -0.05) is 5.21 Å². The van der Waals surface area contributed by atoms with Crippen LogP contribution in [0.5, 0.6) is 5.75 Å². The first-order chi connectivity index (χ1) is 16.9. The molecule has 0 spiro atoms. The van der Waals surface area contributed by atoms with E-state index in [1.165, 1.54) is 0 Å². The normalized spacial score (nSPS) is 19.9. The predicted octanol–water partition coefficient (Wildman–Crippen LogP) is 3.02. The lowest BCUT2D eigenvalue weighted by Gasteiger charge is -2.28. The van der Waals surface area contributed by atoms with Crippen molar-refractivity contribution < 1.29 is 28.9 Å². The Labute approximate surface area is 204 Å². The standard InChI is InChI=1S/C24H33N5O6/c1-28(12-15-7-8-15)24(32)34-14-20-22(26-27-29(20)2)18-9-10-21(19(25-18)13-33-3)35-17-6-4-5-16(11-17)23(30)31/h9-10,15-17H,4-8,11-14H2,1-3H3,(H,30,31)/t16-,17-/m0/s1. The topological polar surface area (TPSA) is 129 Å². The minimum atomic E-state index is -0.779. The number of carboxylic acids is 1. The van der Waals surface area contributed by atoms with Gasteiger partial charge >= 0.3 is 12.1 Å². The molecule has 11 heteroatoms. The smallest absolute Gasteiger partial charge is 0.409 e. The molecule has 190 valence electrons. The summed E-state index contributed by atoms with van der Waals surface area (Å²) < 4.78 is 18.6. The average Bonchev–Trinajstić information content (AvgIpc) is 3.58. The first kappa shape index (κ1) is 24.9. The maximum Gasteiger partial charge on any atom is 0.409 e. The predicted molar refractivity (Wildman–Crippen MR) is 124 cm³/mol. The highest BCUT2D eigenvalue weighted by atomic mass is 16.6. The largest absolute Gasteiger partial charge is 0.488 e. The van der Waals surface area contributed by atoms with Gasteiger partial charge in [0.25, 0.3) is 0 Å². The molecule has 2 atom stereocenters. The molecule has 11 nitrogen and oxygen atoms in total. The summed E-state index contributed by atoms with van der Waals surface area (Å²) in [5.74, 6) is -0.0296. The Morgan fingerprint density at radius 2 is 2.00 bits per heavy atom. The molecular weight excluding hydrogens is 454 g/mol. The molecule has 0 radical (unpaired) electrons. The fourth-order valence-electron chi connectivity index (χ4n) is 4.36. The summed E-state index contributed by atoms with van der Waals surface area (Å²) >= 11 is 0. The number of rotatable bonds is 10. The monoisotopic (exact) mass is 487 g/mol. The Balaban J connectivity index is 1.48. The number of nitrogens with zero attached hydrogens (tertiary/aromatic N) is 5. The Morgan fingerprint density at radius 3 is 2.71 bits per heavy atom. The number of methoxy groups -OCH3 is 1. The van der Waals surface area contributed by atoms with Crippen molar-refractivity contribution in [3.63, 3.8) is 0 Å². The van der Waals surface area contributed by atoms with E-state index < -0.39 is 5.97 Å². The van der Waals surface area contributed by atoms with E-state index in [9.17, 15) is 14.7 Å². The van der Waals surface area contributed by atoms with Crippen LogP contribution in [0.3, 0.4) is 0 Å². The number of carbonyl (C=O) groups is 2. The molecule has 2 fully saturated rings. The number of carboxylic acid groups (broad SMARTS) is 1. The number of amides is 1. The fourth-order valence-corrected chi connectivity index (χ4v) is 4.36. The van der Waals surface area contributed by atoms with Crippen LogP contribution in [-0.4, -0.2) is 68.9 Å². The summed E-state index contributed by atoms with van der Waals surface area (Å²) in [7, 11) is 5.05. The molecule has 2 heterocycles. The Hall–Kier alpha value is -3.21. The molecule has 2 aliphatic rings. The SMILES string of the molecule is COCc1nc(-c2nnn(C)c2COC(=O)N(C)CC2CC2)ccc1O[C@H]1CCC[C@H](C(=O)O)C1. The number of carbonyl (C=O) groups excluding carboxylic acids is 1. The lowest BCUT2D eigenvalue weighted by Crippen LogP contribution is -2.29. The van der Waals surface area contributed by atoms with Crippen LogP contribution >= 0.6 is 0 Å². The highest BCUT2D eigenvalue weighted by molar-refractivity contribution is 5.70. The van der Waals surface area contributed by atoms with E-state index in [0.717, 1.165) is 25.7 Å². The Kier molecular flexibility index (Phi) is 7.84. The zero-order chi connectivity index (χ0) is 24.9. The van der Waals surface area contributed by atoms with Crippen molar-refractivity contribution in [1.29, 1.82) is 0 Å². The van der Waals surface area contributed by atoms with E-state index in [0.29, 0.717) is 53.8 Å². The van der Waals surface area contributed by atoms with Crippen LogP contribution in [0.2, 0.25) is 0 Å². The number of hydrogen-bond donors (Lipinski definition) is 1. The molecule has 4 rings (SSSR count). The highest BCUT2D eigenvalue weighted by Gasteiger charge is 2.29. The lowest BCUT2D eigenvalue weighted by atomic mass is 9.87. The van der Waals surface area contributed by atoms with Crippen molar-refractivity contribution in [2.75, 3.05) is 20.7 Å². The van der Waals surface area contributed by atoms with E-state index in [1.807, 2.05) is 0 Å². The summed E-state index contributed by atoms with van der Waals surface area (Å²) in [6.45, 7) is 0.937. The third kappa shape index (κ3) is 6.27. The zero-order valence-corrected chi connectivity index (χ0v) is 20.5. The molecule has 1 N–H and O–H groups in total. The van der Waals surface area contributed by atoms with Crippen molar-refractivity contribution in [3.8, 4) is 17.1 Å². The first-order valence-electron chi connectivity index (χ1n) is 12.0. The van der Waals surface area contributed by atoms with Gasteiger partial charge in [-0.25, -0.2) is 14.5 Å². The molecule has 2 aliphatic carbocycles. The maximum absolute atomic E-state index is 12.4. The fraction of sp³-hybridized carbons (Fsp3) is 0.625. The molecule has 2 aromatic heterocycles. The number of aryl methyl sites for hydroxylation is 1. The summed E-state index contributed by atoms with van der Waals surface area (Å²) in [4.78, 5) is 30.1. The minimum absolute atomic E-state index is 0.0187. The highest BCUT2D eigenvalue weighted by Crippen LogP contribution is 2.32. The van der Waals surface area contributed by atoms with E-state index in [2.05, 4.69) is 10.3 Å². The van der Waals surface area contributed by atoms with Crippen molar-refractivity contribution in [1.82, 2.24) is 24.9 Å². The van der Waals surface area contributed by atoms with Gasteiger partial charge in [0.05, 0.1) is 24.3 Å². The van der Waals surface area contributed by atoms with E-state index in [4.69, 9.17) is 19.2 Å². The maximum atomic E-state index is 12.4. The summed E-state index contributed by atoms with van der Waals surface area (Å²) in [6, 6.07) is 3.58. The third-order valence-corrected chi connectivity index (χ3v) is 6.54. The van der Waals surface area contributed by atoms with E-state index >= 15 is 0 Å². The Bertz CT molecular complexity index is 1050. The van der Waals surface area contributed by atoms with E-state index in [-0.39, 0.29) is 31.3 Å². The van der Waals surface area contributed by atoms with Crippen LogP contribution in [0.1, 0.15) is 49.9 Å². The lowest BCUT2D eigenvalue weighted by molar-refractivity contribution is -0.143. The van der Waals surface area contributed by atoms with Crippen LogP contribution in [0.15, 0.2) is 12.1 Å². The minimum Gasteiger partial charge on any atom is -0.488 e. The van der Waals surface area contributed by atoms with Gasteiger partial charge in [-0.3, -0.25) is 4.79 Å². The number of hydrogen-bond acceptors (Lipinski definition) is 8. The first-order valence-corrected chi connectivity index (χ1v) is 12.0. The quantitative estimate of drug-likeness (QED) is 0.537. The van der Waals surface area contributed by atoms with Crippen molar-refractivity contribution in [3.05, 3.63) is 23.5 Å². The van der Waals surface area contributed by atoms with Crippen LogP contribution in [0.25, 0.3) is 11.4 Å². The second kappa shape index (κ2) is 11.0. The van der Waals surface area contributed by atoms with Gasteiger partial charge < -0.3 is 24.2 Å². The van der Waals surface area contributed by atoms with Crippen LogP contribution in [0, 0.1) is 11.8 Å². The van der Waals surface area contributed by atoms with Gasteiger partial charge in [0.2, 0.25) is 0 Å². The van der Waals surface area contributed by atoms with Crippen LogP contribution in [-0.2, 0) is 34.5 Å². The van der Waals surface area contributed by atoms with Crippen LogP contribution in [0.4, 0.5) is 4.79 Å². The number of aliphatic carboxylic acids is 1. The van der Waals surface area contributed by atoms with Gasteiger partial charge in [-0.15, -0.1) is 5.10 Å². The van der Waals surface area contributed by atoms with Gasteiger partial charge in [0.1, 0.15) is 29.4 Å².